The van der Waals surface area contributed by atoms with Crippen LogP contribution in [0, 0.1) is 5.92 Å². The maximum Gasteiger partial charge on any atom is 0.0701 e. The molecule has 5 heteroatoms. The zero-order valence-corrected chi connectivity index (χ0v) is 17.6. The van der Waals surface area contributed by atoms with Gasteiger partial charge in [0.05, 0.1) is 52.9 Å². The second-order valence-electron chi connectivity index (χ2n) is 6.81. The highest BCUT2D eigenvalue weighted by atomic mass is 16.6. The van der Waals surface area contributed by atoms with E-state index >= 15 is 0 Å². The van der Waals surface area contributed by atoms with Crippen molar-refractivity contribution >= 4 is 0 Å². The molecule has 0 saturated heterocycles. The van der Waals surface area contributed by atoms with Gasteiger partial charge in [-0.3, -0.25) is 0 Å². The second-order valence-corrected chi connectivity index (χ2v) is 6.81. The van der Waals surface area contributed by atoms with Gasteiger partial charge in [-0.15, -0.1) is 0 Å². The van der Waals surface area contributed by atoms with Gasteiger partial charge in [0.1, 0.15) is 0 Å². The number of rotatable bonds is 22. The Labute approximate surface area is 162 Å². The van der Waals surface area contributed by atoms with Crippen molar-refractivity contribution in [3.8, 4) is 0 Å². The molecule has 1 atom stereocenters. The number of hydrogen-bond acceptors (Lipinski definition) is 5. The molecule has 0 heterocycles. The van der Waals surface area contributed by atoms with E-state index in [0.717, 1.165) is 26.1 Å². The third-order valence-electron chi connectivity index (χ3n) is 4.23. The van der Waals surface area contributed by atoms with E-state index in [1.54, 1.807) is 0 Å². The standard InChI is InChI=1S/C21H44O5/c1-4-6-7-8-9-10-11-22-12-13-23-14-15-24-16-17-25-18-19-26-20-21(3)5-2/h21H,4-20H2,1-3H3. The van der Waals surface area contributed by atoms with Crippen molar-refractivity contribution in [3.05, 3.63) is 0 Å². The molecule has 0 bridgehead atoms. The summed E-state index contributed by atoms with van der Waals surface area (Å²) in [6.07, 6.45) is 8.95. The molecule has 0 aromatic carbocycles. The molecule has 0 aliphatic rings. The molecule has 26 heavy (non-hydrogen) atoms. The lowest BCUT2D eigenvalue weighted by atomic mass is 10.1. The van der Waals surface area contributed by atoms with Gasteiger partial charge in [0.2, 0.25) is 0 Å². The highest BCUT2D eigenvalue weighted by Gasteiger charge is 1.98. The smallest absolute Gasteiger partial charge is 0.0701 e. The largest absolute Gasteiger partial charge is 0.379 e. The first-order chi connectivity index (χ1) is 12.8. The molecule has 0 aliphatic heterocycles. The lowest BCUT2D eigenvalue weighted by molar-refractivity contribution is -0.0133. The average Bonchev–Trinajstić information content (AvgIpc) is 2.66. The van der Waals surface area contributed by atoms with Gasteiger partial charge in [0, 0.05) is 13.2 Å². The van der Waals surface area contributed by atoms with Crippen LogP contribution in [0.1, 0.15) is 65.7 Å². The molecule has 1 unspecified atom stereocenters. The van der Waals surface area contributed by atoms with Crippen molar-refractivity contribution < 1.29 is 23.7 Å². The fraction of sp³-hybridized carbons (Fsp3) is 1.00. The second kappa shape index (κ2) is 22.8. The van der Waals surface area contributed by atoms with Gasteiger partial charge in [-0.1, -0.05) is 59.3 Å². The van der Waals surface area contributed by atoms with Gasteiger partial charge in [0.25, 0.3) is 0 Å². The van der Waals surface area contributed by atoms with Crippen LogP contribution in [-0.2, 0) is 23.7 Å². The average molecular weight is 377 g/mol. The van der Waals surface area contributed by atoms with E-state index in [1.165, 1.54) is 32.1 Å². The van der Waals surface area contributed by atoms with Crippen molar-refractivity contribution in [2.75, 3.05) is 66.1 Å². The zero-order valence-electron chi connectivity index (χ0n) is 17.6. The topological polar surface area (TPSA) is 46.2 Å². The minimum absolute atomic E-state index is 0.600. The van der Waals surface area contributed by atoms with Crippen LogP contribution in [0.15, 0.2) is 0 Å². The first kappa shape index (κ1) is 25.8. The molecule has 0 N–H and O–H groups in total. The summed E-state index contributed by atoms with van der Waals surface area (Å²) >= 11 is 0. The van der Waals surface area contributed by atoms with Gasteiger partial charge < -0.3 is 23.7 Å². The van der Waals surface area contributed by atoms with Gasteiger partial charge in [-0.2, -0.15) is 0 Å². The third kappa shape index (κ3) is 21.8. The fourth-order valence-corrected chi connectivity index (χ4v) is 2.27. The molecule has 0 amide bonds. The van der Waals surface area contributed by atoms with Crippen LogP contribution >= 0.6 is 0 Å². The summed E-state index contributed by atoms with van der Waals surface area (Å²) in [5.41, 5.74) is 0. The Hall–Kier alpha value is -0.200. The number of ether oxygens (including phenoxy) is 5. The Balaban J connectivity index is 2.99. The summed E-state index contributed by atoms with van der Waals surface area (Å²) in [6, 6.07) is 0. The highest BCUT2D eigenvalue weighted by Crippen LogP contribution is 2.04. The summed E-state index contributed by atoms with van der Waals surface area (Å²) in [5.74, 6) is 0.624. The van der Waals surface area contributed by atoms with E-state index in [9.17, 15) is 0 Å². The number of hydrogen-bond donors (Lipinski definition) is 0. The van der Waals surface area contributed by atoms with Gasteiger partial charge in [0.15, 0.2) is 0 Å². The molecule has 0 radical (unpaired) electrons. The quantitative estimate of drug-likeness (QED) is 0.261. The Morgan fingerprint density at radius 1 is 0.500 bits per heavy atom. The molecule has 0 aliphatic carbocycles. The van der Waals surface area contributed by atoms with E-state index in [0.29, 0.717) is 58.8 Å². The van der Waals surface area contributed by atoms with Crippen LogP contribution in [0.5, 0.6) is 0 Å². The molecule has 158 valence electrons. The van der Waals surface area contributed by atoms with Crippen molar-refractivity contribution in [3.63, 3.8) is 0 Å². The summed E-state index contributed by atoms with van der Waals surface area (Å²) in [4.78, 5) is 0. The lowest BCUT2D eigenvalue weighted by Gasteiger charge is -2.10. The minimum atomic E-state index is 0.600. The Kier molecular flexibility index (Phi) is 22.7. The van der Waals surface area contributed by atoms with Crippen LogP contribution in [0.25, 0.3) is 0 Å². The summed E-state index contributed by atoms with van der Waals surface area (Å²) in [5, 5.41) is 0. The number of unbranched alkanes of at least 4 members (excludes halogenated alkanes) is 5. The minimum Gasteiger partial charge on any atom is -0.379 e. The SMILES string of the molecule is CCCCCCCCOCCOCCOCCOCCOCC(C)CC. The van der Waals surface area contributed by atoms with Crippen LogP contribution in [0.4, 0.5) is 0 Å². The Morgan fingerprint density at radius 3 is 1.42 bits per heavy atom. The maximum absolute atomic E-state index is 5.56. The first-order valence-electron chi connectivity index (χ1n) is 10.7. The van der Waals surface area contributed by atoms with Crippen LogP contribution < -0.4 is 0 Å². The van der Waals surface area contributed by atoms with Gasteiger partial charge in [-0.25, -0.2) is 0 Å². The Bertz CT molecular complexity index is 251. The predicted octanol–water partition coefficient (Wildman–Crippen LogP) is 4.48. The maximum atomic E-state index is 5.56. The normalized spacial score (nSPS) is 12.6. The van der Waals surface area contributed by atoms with Crippen molar-refractivity contribution in [2.24, 2.45) is 5.92 Å². The summed E-state index contributed by atoms with van der Waals surface area (Å²) < 4.78 is 27.5. The Morgan fingerprint density at radius 2 is 0.923 bits per heavy atom. The first-order valence-corrected chi connectivity index (χ1v) is 10.7. The molecular weight excluding hydrogens is 332 g/mol. The molecule has 0 rings (SSSR count). The van der Waals surface area contributed by atoms with E-state index < -0.39 is 0 Å². The third-order valence-corrected chi connectivity index (χ3v) is 4.23. The van der Waals surface area contributed by atoms with Crippen LogP contribution in [0.3, 0.4) is 0 Å². The van der Waals surface area contributed by atoms with Crippen molar-refractivity contribution in [1.82, 2.24) is 0 Å². The zero-order chi connectivity index (χ0) is 19.1. The van der Waals surface area contributed by atoms with E-state index in [-0.39, 0.29) is 0 Å². The van der Waals surface area contributed by atoms with E-state index in [4.69, 9.17) is 23.7 Å². The molecule has 0 saturated carbocycles. The van der Waals surface area contributed by atoms with Crippen LogP contribution in [0.2, 0.25) is 0 Å². The van der Waals surface area contributed by atoms with E-state index in [2.05, 4.69) is 20.8 Å². The molecule has 0 aromatic heterocycles. The monoisotopic (exact) mass is 376 g/mol. The molecular formula is C21H44O5. The lowest BCUT2D eigenvalue weighted by Crippen LogP contribution is -2.14. The highest BCUT2D eigenvalue weighted by molar-refractivity contribution is 4.46. The predicted molar refractivity (Wildman–Crippen MR) is 107 cm³/mol. The molecule has 0 aromatic rings. The molecule has 0 fully saturated rings. The molecule has 0 spiro atoms. The van der Waals surface area contributed by atoms with Gasteiger partial charge >= 0.3 is 0 Å². The van der Waals surface area contributed by atoms with Crippen molar-refractivity contribution in [1.29, 1.82) is 0 Å². The van der Waals surface area contributed by atoms with Crippen LogP contribution in [-0.4, -0.2) is 66.1 Å². The fourth-order valence-electron chi connectivity index (χ4n) is 2.27. The summed E-state index contributed by atoms with van der Waals surface area (Å²) in [7, 11) is 0. The van der Waals surface area contributed by atoms with Gasteiger partial charge in [-0.05, 0) is 12.3 Å². The molecule has 5 nitrogen and oxygen atoms in total. The van der Waals surface area contributed by atoms with E-state index in [1.807, 2.05) is 0 Å². The summed E-state index contributed by atoms with van der Waals surface area (Å²) in [6.45, 7) is 13.3. The van der Waals surface area contributed by atoms with Crippen molar-refractivity contribution in [2.45, 2.75) is 65.7 Å².